The first-order valence-electron chi connectivity index (χ1n) is 7.98. The number of cyclic esters (lactones) is 1. The Morgan fingerprint density at radius 1 is 1.17 bits per heavy atom. The third-order valence-electron chi connectivity index (χ3n) is 4.64. The number of allylic oxidation sites excluding steroid dienone is 2. The van der Waals surface area contributed by atoms with Crippen LogP contribution in [0.1, 0.15) is 37.7 Å². The van der Waals surface area contributed by atoms with Crippen molar-refractivity contribution >= 4 is 11.8 Å². The molecule has 1 heterocycles. The molecule has 1 N–H and O–H groups in total. The largest absolute Gasteiger partial charge is 0.505 e. The van der Waals surface area contributed by atoms with Gasteiger partial charge in [-0.05, 0) is 42.9 Å². The second-order valence-electron chi connectivity index (χ2n) is 6.24. The van der Waals surface area contributed by atoms with Crippen molar-refractivity contribution in [1.29, 1.82) is 0 Å². The number of hydrogen-bond donors (Lipinski definition) is 1. The molecule has 0 radical (unpaired) electrons. The molecule has 1 aliphatic heterocycles. The Balaban J connectivity index is 1.64. The van der Waals surface area contributed by atoms with Gasteiger partial charge in [0.05, 0.1) is 0 Å². The van der Waals surface area contributed by atoms with Crippen LogP contribution in [-0.4, -0.2) is 16.9 Å². The molecule has 1 atom stereocenters. The summed E-state index contributed by atoms with van der Waals surface area (Å²) in [6.45, 7) is 0. The van der Waals surface area contributed by atoms with Crippen LogP contribution in [0.25, 0.3) is 0 Å². The van der Waals surface area contributed by atoms with Crippen LogP contribution in [0.15, 0.2) is 30.0 Å². The number of esters is 1. The number of phenols is 1. The number of halogens is 1. The number of rotatable bonds is 4. The topological polar surface area (TPSA) is 63.6 Å². The first-order valence-corrected chi connectivity index (χ1v) is 7.98. The van der Waals surface area contributed by atoms with Crippen LogP contribution in [-0.2, 0) is 20.7 Å². The number of aryl methyl sites for hydroxylation is 1. The van der Waals surface area contributed by atoms with Crippen LogP contribution in [0.4, 0.5) is 4.39 Å². The van der Waals surface area contributed by atoms with Crippen LogP contribution >= 0.6 is 0 Å². The van der Waals surface area contributed by atoms with Crippen molar-refractivity contribution < 1.29 is 23.8 Å². The highest BCUT2D eigenvalue weighted by molar-refractivity contribution is 6.07. The van der Waals surface area contributed by atoms with Gasteiger partial charge < -0.3 is 9.84 Å². The van der Waals surface area contributed by atoms with Gasteiger partial charge in [-0.25, -0.2) is 4.39 Å². The van der Waals surface area contributed by atoms with Gasteiger partial charge >= 0.3 is 5.97 Å². The minimum Gasteiger partial charge on any atom is -0.505 e. The van der Waals surface area contributed by atoms with Crippen LogP contribution in [0.2, 0.25) is 0 Å². The molecule has 0 bridgehead atoms. The lowest BCUT2D eigenvalue weighted by molar-refractivity contribution is -0.151. The number of carbonyl (C=O) groups excluding carboxylic acids is 2. The summed E-state index contributed by atoms with van der Waals surface area (Å²) in [5.41, 5.74) is 0.669. The highest BCUT2D eigenvalue weighted by Gasteiger charge is 2.39. The van der Waals surface area contributed by atoms with Crippen LogP contribution < -0.4 is 0 Å². The Kier molecular flexibility index (Phi) is 4.46. The van der Waals surface area contributed by atoms with E-state index in [1.165, 1.54) is 18.2 Å². The zero-order valence-corrected chi connectivity index (χ0v) is 12.8. The summed E-state index contributed by atoms with van der Waals surface area (Å²) in [7, 11) is 0. The minimum atomic E-state index is -0.686. The van der Waals surface area contributed by atoms with E-state index in [0.717, 1.165) is 25.7 Å². The Morgan fingerprint density at radius 2 is 1.91 bits per heavy atom. The average molecular weight is 318 g/mol. The Labute approximate surface area is 134 Å². The van der Waals surface area contributed by atoms with Gasteiger partial charge in [0.15, 0.2) is 17.3 Å². The molecule has 1 aromatic rings. The average Bonchev–Trinajstić information content (AvgIpc) is 3.02. The molecule has 122 valence electrons. The number of benzene rings is 1. The van der Waals surface area contributed by atoms with Crippen LogP contribution in [0.5, 0.6) is 5.75 Å². The maximum absolute atomic E-state index is 13.3. The van der Waals surface area contributed by atoms with Crippen molar-refractivity contribution in [2.24, 2.45) is 11.8 Å². The van der Waals surface area contributed by atoms with E-state index in [0.29, 0.717) is 24.2 Å². The number of phenolic OH excluding ortho intramolecular Hbond substituents is 1. The molecule has 0 saturated heterocycles. The monoisotopic (exact) mass is 318 g/mol. The summed E-state index contributed by atoms with van der Waals surface area (Å²) in [5, 5.41) is 9.16. The number of carbonyl (C=O) groups is 2. The highest BCUT2D eigenvalue weighted by Crippen LogP contribution is 2.35. The van der Waals surface area contributed by atoms with Gasteiger partial charge in [-0.1, -0.05) is 18.9 Å². The zero-order valence-electron chi connectivity index (χ0n) is 12.8. The molecule has 0 spiro atoms. The number of ketones is 1. The molecule has 4 nitrogen and oxygen atoms in total. The van der Waals surface area contributed by atoms with Gasteiger partial charge in [-0.3, -0.25) is 9.59 Å². The quantitative estimate of drug-likeness (QED) is 0.683. The third kappa shape index (κ3) is 3.44. The zero-order chi connectivity index (χ0) is 16.4. The van der Waals surface area contributed by atoms with E-state index in [1.54, 1.807) is 6.07 Å². The number of aromatic hydroxyl groups is 1. The van der Waals surface area contributed by atoms with E-state index < -0.39 is 23.5 Å². The lowest BCUT2D eigenvalue weighted by Gasteiger charge is -2.24. The fraction of sp³-hybridized carbons (Fsp3) is 0.444. The summed E-state index contributed by atoms with van der Waals surface area (Å²) in [5.74, 6) is -1.90. The van der Waals surface area contributed by atoms with E-state index in [4.69, 9.17) is 9.84 Å². The Hall–Kier alpha value is -2.17. The van der Waals surface area contributed by atoms with Crippen molar-refractivity contribution in [3.8, 4) is 5.75 Å². The predicted octanol–water partition coefficient (Wildman–Crippen LogP) is 3.28. The SMILES string of the molecule is O=C1C=C(CCc2ccc(O)c(F)c2)OC(=O)C1C1CCCC1. The Morgan fingerprint density at radius 3 is 2.57 bits per heavy atom. The van der Waals surface area contributed by atoms with E-state index >= 15 is 0 Å². The fourth-order valence-corrected chi connectivity index (χ4v) is 3.40. The normalized spacial score (nSPS) is 22.1. The van der Waals surface area contributed by atoms with Gasteiger partial charge in [0.25, 0.3) is 0 Å². The fourth-order valence-electron chi connectivity index (χ4n) is 3.40. The lowest BCUT2D eigenvalue weighted by Crippen LogP contribution is -2.34. The molecule has 1 aliphatic carbocycles. The maximum Gasteiger partial charge on any atom is 0.322 e. The van der Waals surface area contributed by atoms with Crippen molar-refractivity contribution in [3.63, 3.8) is 0 Å². The summed E-state index contributed by atoms with van der Waals surface area (Å²) in [6.07, 6.45) is 6.12. The van der Waals surface area contributed by atoms with Crippen LogP contribution in [0, 0.1) is 17.7 Å². The van der Waals surface area contributed by atoms with Crippen LogP contribution in [0.3, 0.4) is 0 Å². The van der Waals surface area contributed by atoms with Gasteiger partial charge in [0.1, 0.15) is 11.7 Å². The second-order valence-corrected chi connectivity index (χ2v) is 6.24. The molecule has 5 heteroatoms. The molecule has 23 heavy (non-hydrogen) atoms. The van der Waals surface area contributed by atoms with Crippen molar-refractivity contribution in [2.45, 2.75) is 38.5 Å². The maximum atomic E-state index is 13.3. The summed E-state index contributed by atoms with van der Waals surface area (Å²) in [6, 6.07) is 4.13. The van der Waals surface area contributed by atoms with E-state index in [9.17, 15) is 14.0 Å². The van der Waals surface area contributed by atoms with Gasteiger partial charge in [-0.15, -0.1) is 0 Å². The molecule has 2 aliphatic rings. The smallest absolute Gasteiger partial charge is 0.322 e. The molecular formula is C18H19FO4. The van der Waals surface area contributed by atoms with E-state index in [-0.39, 0.29) is 11.7 Å². The summed E-state index contributed by atoms with van der Waals surface area (Å²) >= 11 is 0. The van der Waals surface area contributed by atoms with Gasteiger partial charge in [-0.2, -0.15) is 0 Å². The van der Waals surface area contributed by atoms with Gasteiger partial charge in [0.2, 0.25) is 0 Å². The van der Waals surface area contributed by atoms with E-state index in [2.05, 4.69) is 0 Å². The van der Waals surface area contributed by atoms with Crippen molar-refractivity contribution in [1.82, 2.24) is 0 Å². The van der Waals surface area contributed by atoms with Crippen molar-refractivity contribution in [2.75, 3.05) is 0 Å². The lowest BCUT2D eigenvalue weighted by atomic mass is 9.85. The summed E-state index contributed by atoms with van der Waals surface area (Å²) in [4.78, 5) is 24.4. The minimum absolute atomic E-state index is 0.110. The number of ether oxygens (including phenoxy) is 1. The van der Waals surface area contributed by atoms with E-state index in [1.807, 2.05) is 0 Å². The molecule has 0 aromatic heterocycles. The molecule has 1 fully saturated rings. The molecule has 1 unspecified atom stereocenters. The second kappa shape index (κ2) is 6.52. The first-order chi connectivity index (χ1) is 11.0. The molecule has 1 saturated carbocycles. The molecular weight excluding hydrogens is 299 g/mol. The molecule has 3 rings (SSSR count). The van der Waals surface area contributed by atoms with Gasteiger partial charge in [0, 0.05) is 12.5 Å². The van der Waals surface area contributed by atoms with Crippen molar-refractivity contribution in [3.05, 3.63) is 41.4 Å². The predicted molar refractivity (Wildman–Crippen MR) is 81.0 cm³/mol. The first kappa shape index (κ1) is 15.7. The third-order valence-corrected chi connectivity index (χ3v) is 4.64. The molecule has 0 amide bonds. The number of hydrogen-bond acceptors (Lipinski definition) is 4. The Bertz CT molecular complexity index is 659. The standard InChI is InChI=1S/C18H19FO4/c19-14-9-11(6-8-15(14)20)5-7-13-10-16(21)17(18(22)23-13)12-3-1-2-4-12/h6,8-10,12,17,20H,1-5,7H2. The summed E-state index contributed by atoms with van der Waals surface area (Å²) < 4.78 is 18.6. The molecule has 1 aromatic carbocycles. The highest BCUT2D eigenvalue weighted by atomic mass is 19.1.